The van der Waals surface area contributed by atoms with Crippen LogP contribution in [0.25, 0.3) is 33.6 Å². The summed E-state index contributed by atoms with van der Waals surface area (Å²) in [6.07, 6.45) is 12.7. The number of nitrogens with zero attached hydrogens (tertiary/aromatic N) is 7. The second-order valence-electron chi connectivity index (χ2n) is 8.55. The Balaban J connectivity index is 1.27. The van der Waals surface area contributed by atoms with Crippen LogP contribution in [0.5, 0.6) is 0 Å². The van der Waals surface area contributed by atoms with Gasteiger partial charge in [-0.05, 0) is 24.5 Å². The van der Waals surface area contributed by atoms with E-state index in [9.17, 15) is 4.79 Å². The quantitative estimate of drug-likeness (QED) is 0.442. The monoisotopic (exact) mass is 457 g/mol. The van der Waals surface area contributed by atoms with Crippen molar-refractivity contribution in [2.45, 2.75) is 25.4 Å². The average Bonchev–Trinajstić information content (AvgIpc) is 3.53. The van der Waals surface area contributed by atoms with Gasteiger partial charge in [0.1, 0.15) is 6.54 Å². The van der Waals surface area contributed by atoms with E-state index in [4.69, 9.17) is 4.74 Å². The second-order valence-corrected chi connectivity index (χ2v) is 8.55. The minimum absolute atomic E-state index is 0.0432. The van der Waals surface area contributed by atoms with Crippen molar-refractivity contribution in [2.24, 2.45) is 7.05 Å². The van der Waals surface area contributed by atoms with Gasteiger partial charge in [0, 0.05) is 80.4 Å². The molecule has 1 aliphatic heterocycles. The van der Waals surface area contributed by atoms with E-state index in [0.717, 1.165) is 40.7 Å². The number of carbonyl (C=O) groups excluding carboxylic acids is 1. The topological polar surface area (TPSA) is 91.0 Å². The molecule has 4 heterocycles. The summed E-state index contributed by atoms with van der Waals surface area (Å²) in [7, 11) is 3.76. The fourth-order valence-electron chi connectivity index (χ4n) is 4.16. The molecule has 9 heteroatoms. The van der Waals surface area contributed by atoms with Crippen molar-refractivity contribution < 1.29 is 9.53 Å². The Labute approximate surface area is 198 Å². The van der Waals surface area contributed by atoms with E-state index in [0.29, 0.717) is 19.0 Å². The number of hydrogen-bond acceptors (Lipinski definition) is 6. The molecular weight excluding hydrogens is 430 g/mol. The lowest BCUT2D eigenvalue weighted by Crippen LogP contribution is -2.42. The van der Waals surface area contributed by atoms with Crippen LogP contribution in [0.1, 0.15) is 12.8 Å². The molecule has 1 aliphatic rings. The van der Waals surface area contributed by atoms with E-state index in [1.165, 1.54) is 0 Å². The number of ether oxygens (including phenoxy) is 1. The fourth-order valence-corrected chi connectivity index (χ4v) is 4.16. The zero-order valence-electron chi connectivity index (χ0n) is 19.3. The van der Waals surface area contributed by atoms with E-state index in [-0.39, 0.29) is 18.5 Å². The smallest absolute Gasteiger partial charge is 0.244 e. The Morgan fingerprint density at radius 2 is 1.68 bits per heavy atom. The van der Waals surface area contributed by atoms with Crippen LogP contribution < -0.4 is 0 Å². The highest BCUT2D eigenvalue weighted by atomic mass is 16.5. The van der Waals surface area contributed by atoms with Crippen LogP contribution in [0, 0.1) is 0 Å². The van der Waals surface area contributed by atoms with E-state index >= 15 is 0 Å². The molecule has 1 saturated heterocycles. The Bertz CT molecular complexity index is 1270. The molecule has 0 atom stereocenters. The first-order valence-electron chi connectivity index (χ1n) is 11.3. The zero-order valence-corrected chi connectivity index (χ0v) is 19.3. The Morgan fingerprint density at radius 1 is 0.971 bits per heavy atom. The van der Waals surface area contributed by atoms with Gasteiger partial charge < -0.3 is 9.64 Å². The highest BCUT2D eigenvalue weighted by Gasteiger charge is 2.22. The fraction of sp³-hybridized carbons (Fsp3) is 0.320. The molecule has 9 nitrogen and oxygen atoms in total. The zero-order chi connectivity index (χ0) is 23.5. The number of benzene rings is 1. The molecule has 1 aromatic carbocycles. The van der Waals surface area contributed by atoms with E-state index in [1.807, 2.05) is 55.8 Å². The summed E-state index contributed by atoms with van der Waals surface area (Å²) in [5, 5.41) is 8.61. The molecule has 4 aromatic rings. The van der Waals surface area contributed by atoms with Gasteiger partial charge in [-0.2, -0.15) is 10.2 Å². The van der Waals surface area contributed by atoms with Gasteiger partial charge in [-0.25, -0.2) is 9.97 Å². The number of aryl methyl sites for hydroxylation is 1. The van der Waals surface area contributed by atoms with Crippen molar-refractivity contribution in [2.75, 3.05) is 20.3 Å². The van der Waals surface area contributed by atoms with E-state index < -0.39 is 0 Å². The van der Waals surface area contributed by atoms with Gasteiger partial charge in [-0.15, -0.1) is 0 Å². The molecule has 0 radical (unpaired) electrons. The third kappa shape index (κ3) is 4.74. The van der Waals surface area contributed by atoms with Gasteiger partial charge in [-0.3, -0.25) is 14.2 Å². The van der Waals surface area contributed by atoms with Crippen LogP contribution in [0.3, 0.4) is 0 Å². The van der Waals surface area contributed by atoms with Crippen LogP contribution in [-0.4, -0.2) is 66.6 Å². The minimum atomic E-state index is 0.0432. The third-order valence-electron chi connectivity index (χ3n) is 6.21. The van der Waals surface area contributed by atoms with Crippen molar-refractivity contribution in [3.8, 4) is 33.6 Å². The maximum Gasteiger partial charge on any atom is 0.244 e. The number of amides is 1. The van der Waals surface area contributed by atoms with Crippen molar-refractivity contribution in [1.29, 1.82) is 0 Å². The summed E-state index contributed by atoms with van der Waals surface area (Å²) in [4.78, 5) is 23.6. The molecule has 3 aromatic heterocycles. The molecule has 0 bridgehead atoms. The summed E-state index contributed by atoms with van der Waals surface area (Å²) in [5.74, 6) is 0.691. The average molecular weight is 458 g/mol. The molecule has 34 heavy (non-hydrogen) atoms. The highest BCUT2D eigenvalue weighted by molar-refractivity contribution is 5.76. The lowest BCUT2D eigenvalue weighted by molar-refractivity contribution is -0.134. The van der Waals surface area contributed by atoms with Crippen LogP contribution in [0.15, 0.2) is 61.4 Å². The summed E-state index contributed by atoms with van der Waals surface area (Å²) < 4.78 is 8.84. The summed E-state index contributed by atoms with van der Waals surface area (Å²) in [6, 6.07) is 8.32. The number of aromatic nitrogens is 6. The van der Waals surface area contributed by atoms with Crippen molar-refractivity contribution in [3.63, 3.8) is 0 Å². The molecule has 0 aliphatic carbocycles. The standard InChI is InChI=1S/C25H27N7O2/c1-30-15-21(13-28-30)18-4-3-5-19(10-18)25-26-11-20(12-27-25)22-14-29-32(16-22)17-24(33)31(2)23-6-8-34-9-7-23/h3-5,10-16,23H,6-9,17H2,1-2H3. The highest BCUT2D eigenvalue weighted by Crippen LogP contribution is 2.25. The number of hydrogen-bond donors (Lipinski definition) is 0. The Morgan fingerprint density at radius 3 is 2.41 bits per heavy atom. The van der Waals surface area contributed by atoms with Crippen molar-refractivity contribution in [1.82, 2.24) is 34.4 Å². The van der Waals surface area contributed by atoms with Crippen molar-refractivity contribution >= 4 is 5.91 Å². The maximum atomic E-state index is 12.7. The molecule has 0 spiro atoms. The summed E-state index contributed by atoms with van der Waals surface area (Å²) >= 11 is 0. The molecule has 0 unspecified atom stereocenters. The Kier molecular flexibility index (Phi) is 6.18. The van der Waals surface area contributed by atoms with Gasteiger partial charge in [-0.1, -0.05) is 18.2 Å². The van der Waals surface area contributed by atoms with E-state index in [1.54, 1.807) is 28.0 Å². The molecule has 0 N–H and O–H groups in total. The summed E-state index contributed by atoms with van der Waals surface area (Å²) in [5.41, 5.74) is 4.77. The minimum Gasteiger partial charge on any atom is -0.381 e. The number of carbonyl (C=O) groups is 1. The number of rotatable bonds is 6. The first-order valence-corrected chi connectivity index (χ1v) is 11.3. The first-order chi connectivity index (χ1) is 16.6. The second kappa shape index (κ2) is 9.56. The SMILES string of the molecule is CN(C(=O)Cn1cc(-c2cnc(-c3cccc(-c4cnn(C)c4)c3)nc2)cn1)C1CCOCC1. The molecule has 174 valence electrons. The van der Waals surface area contributed by atoms with Crippen LogP contribution in [-0.2, 0) is 23.1 Å². The first kappa shape index (κ1) is 22.0. The largest absolute Gasteiger partial charge is 0.381 e. The Hall–Kier alpha value is -3.85. The van der Waals surface area contributed by atoms with Crippen LogP contribution >= 0.6 is 0 Å². The van der Waals surface area contributed by atoms with Crippen LogP contribution in [0.2, 0.25) is 0 Å². The van der Waals surface area contributed by atoms with Gasteiger partial charge in [0.2, 0.25) is 5.91 Å². The third-order valence-corrected chi connectivity index (χ3v) is 6.21. The normalized spacial score (nSPS) is 14.3. The molecule has 1 amide bonds. The van der Waals surface area contributed by atoms with Crippen LogP contribution in [0.4, 0.5) is 0 Å². The molecule has 0 saturated carbocycles. The lowest BCUT2D eigenvalue weighted by Gasteiger charge is -2.31. The predicted molar refractivity (Wildman–Crippen MR) is 128 cm³/mol. The number of likely N-dealkylation sites (N-methyl/N-ethyl adjacent to an activating group) is 1. The predicted octanol–water partition coefficient (Wildman–Crippen LogP) is 3.05. The van der Waals surface area contributed by atoms with E-state index in [2.05, 4.69) is 26.2 Å². The molecule has 1 fully saturated rings. The summed E-state index contributed by atoms with van der Waals surface area (Å²) in [6.45, 7) is 1.61. The van der Waals surface area contributed by atoms with Gasteiger partial charge >= 0.3 is 0 Å². The van der Waals surface area contributed by atoms with Crippen molar-refractivity contribution in [3.05, 3.63) is 61.4 Å². The lowest BCUT2D eigenvalue weighted by atomic mass is 10.1. The maximum absolute atomic E-state index is 12.7. The molecular formula is C25H27N7O2. The molecule has 5 rings (SSSR count). The van der Waals surface area contributed by atoms with Gasteiger partial charge in [0.15, 0.2) is 5.82 Å². The van der Waals surface area contributed by atoms with Gasteiger partial charge in [0.25, 0.3) is 0 Å². The van der Waals surface area contributed by atoms with Gasteiger partial charge in [0.05, 0.1) is 12.4 Å².